The van der Waals surface area contributed by atoms with Crippen LogP contribution >= 0.6 is 0 Å². The van der Waals surface area contributed by atoms with Crippen molar-refractivity contribution >= 4 is 28.3 Å². The molecule has 0 saturated carbocycles. The van der Waals surface area contributed by atoms with Crippen molar-refractivity contribution in [3.05, 3.63) is 53.1 Å². The monoisotopic (exact) mass is 394 g/mol. The molecule has 0 fully saturated rings. The lowest BCUT2D eigenvalue weighted by molar-refractivity contribution is 0.0898. The number of carbonyl (C=O) groups is 2. The Hall–Kier alpha value is -2.86. The standard InChI is InChI=1S/C23H26N2O4/c1-14-20-18(26)12-23(2,3)13-19(20)29-21(14)22(27)24-16-5-6-17-15(11-16)7-8-25(17)9-10-28-4/h5-8,11H,9-10,12-13H2,1-4H3,(H,24,27). The van der Waals surface area contributed by atoms with Gasteiger partial charge in [0.2, 0.25) is 0 Å². The number of rotatable bonds is 5. The summed E-state index contributed by atoms with van der Waals surface area (Å²) in [5.41, 5.74) is 2.83. The number of ether oxygens (including phenoxy) is 1. The molecule has 2 heterocycles. The average molecular weight is 394 g/mol. The Bertz CT molecular complexity index is 1100. The smallest absolute Gasteiger partial charge is 0.291 e. The predicted molar refractivity (Wildman–Crippen MR) is 112 cm³/mol. The van der Waals surface area contributed by atoms with Gasteiger partial charge in [0.15, 0.2) is 11.5 Å². The lowest BCUT2D eigenvalue weighted by Gasteiger charge is -2.27. The number of carbonyl (C=O) groups excluding carboxylic acids is 2. The van der Waals surface area contributed by atoms with Gasteiger partial charge in [0.25, 0.3) is 5.91 Å². The third-order valence-corrected chi connectivity index (χ3v) is 5.55. The van der Waals surface area contributed by atoms with Crippen LogP contribution in [-0.4, -0.2) is 30.0 Å². The van der Waals surface area contributed by atoms with E-state index in [9.17, 15) is 9.59 Å². The molecule has 4 rings (SSSR count). The molecule has 1 aliphatic carbocycles. The summed E-state index contributed by atoms with van der Waals surface area (Å²) < 4.78 is 13.1. The highest BCUT2D eigenvalue weighted by Gasteiger charge is 2.37. The minimum Gasteiger partial charge on any atom is -0.455 e. The van der Waals surface area contributed by atoms with Gasteiger partial charge in [0.05, 0.1) is 12.2 Å². The fraction of sp³-hybridized carbons (Fsp3) is 0.391. The maximum absolute atomic E-state index is 12.9. The van der Waals surface area contributed by atoms with Crippen molar-refractivity contribution in [3.8, 4) is 0 Å². The Morgan fingerprint density at radius 2 is 2.07 bits per heavy atom. The Morgan fingerprint density at radius 1 is 1.28 bits per heavy atom. The van der Waals surface area contributed by atoms with Crippen molar-refractivity contribution in [1.29, 1.82) is 0 Å². The first-order chi connectivity index (χ1) is 13.8. The second-order valence-electron chi connectivity index (χ2n) is 8.52. The molecule has 0 unspecified atom stereocenters. The number of ketones is 1. The normalized spacial score (nSPS) is 15.5. The molecule has 0 bridgehead atoms. The molecule has 1 N–H and O–H groups in total. The molecule has 0 saturated heterocycles. The van der Waals surface area contributed by atoms with E-state index in [1.165, 1.54) is 0 Å². The highest BCUT2D eigenvalue weighted by molar-refractivity contribution is 6.08. The molecule has 6 nitrogen and oxygen atoms in total. The Kier molecular flexibility index (Phi) is 4.82. The van der Waals surface area contributed by atoms with Gasteiger partial charge in [-0.15, -0.1) is 0 Å². The van der Waals surface area contributed by atoms with E-state index in [0.717, 1.165) is 17.4 Å². The van der Waals surface area contributed by atoms with E-state index in [2.05, 4.69) is 9.88 Å². The summed E-state index contributed by atoms with van der Waals surface area (Å²) in [6, 6.07) is 7.80. The van der Waals surface area contributed by atoms with Crippen LogP contribution in [0.2, 0.25) is 0 Å². The summed E-state index contributed by atoms with van der Waals surface area (Å²) >= 11 is 0. The first-order valence-electron chi connectivity index (χ1n) is 9.84. The number of anilines is 1. The van der Waals surface area contributed by atoms with Crippen LogP contribution in [0.15, 0.2) is 34.9 Å². The van der Waals surface area contributed by atoms with E-state index in [1.807, 2.05) is 44.3 Å². The lowest BCUT2D eigenvalue weighted by Crippen LogP contribution is -2.26. The van der Waals surface area contributed by atoms with Crippen LogP contribution in [0.1, 0.15) is 52.5 Å². The second kappa shape index (κ2) is 7.19. The molecule has 1 amide bonds. The molecule has 6 heteroatoms. The number of amides is 1. The van der Waals surface area contributed by atoms with E-state index < -0.39 is 0 Å². The minimum absolute atomic E-state index is 0.0513. The van der Waals surface area contributed by atoms with E-state index in [-0.39, 0.29) is 22.9 Å². The zero-order chi connectivity index (χ0) is 20.8. The number of hydrogen-bond donors (Lipinski definition) is 1. The number of furan rings is 1. The highest BCUT2D eigenvalue weighted by Crippen LogP contribution is 2.38. The SMILES string of the molecule is COCCn1ccc2cc(NC(=O)c3oc4c(c3C)C(=O)CC(C)(C)C4)ccc21. The van der Waals surface area contributed by atoms with Crippen molar-refractivity contribution in [2.24, 2.45) is 5.41 Å². The number of methoxy groups -OCH3 is 1. The average Bonchev–Trinajstić information content (AvgIpc) is 3.19. The van der Waals surface area contributed by atoms with Crippen LogP contribution in [0.25, 0.3) is 10.9 Å². The Labute approximate surface area is 169 Å². The zero-order valence-corrected chi connectivity index (χ0v) is 17.3. The van der Waals surface area contributed by atoms with E-state index in [4.69, 9.17) is 9.15 Å². The number of fused-ring (bicyclic) bond motifs is 2. The topological polar surface area (TPSA) is 73.5 Å². The van der Waals surface area contributed by atoms with Gasteiger partial charge in [-0.05, 0) is 36.6 Å². The summed E-state index contributed by atoms with van der Waals surface area (Å²) in [5.74, 6) is 0.564. The molecule has 3 aromatic rings. The van der Waals surface area contributed by atoms with Gasteiger partial charge in [-0.1, -0.05) is 13.8 Å². The summed E-state index contributed by atoms with van der Waals surface area (Å²) in [7, 11) is 1.68. The molecule has 2 aromatic heterocycles. The van der Waals surface area contributed by atoms with Crippen LogP contribution in [0.4, 0.5) is 5.69 Å². The first kappa shape index (κ1) is 19.5. The minimum atomic E-state index is -0.333. The van der Waals surface area contributed by atoms with Crippen molar-refractivity contribution < 1.29 is 18.7 Å². The molecule has 0 aliphatic heterocycles. The van der Waals surface area contributed by atoms with Crippen molar-refractivity contribution in [3.63, 3.8) is 0 Å². The van der Waals surface area contributed by atoms with Gasteiger partial charge in [-0.25, -0.2) is 0 Å². The third-order valence-electron chi connectivity index (χ3n) is 5.55. The lowest BCUT2D eigenvalue weighted by atomic mass is 9.76. The molecule has 29 heavy (non-hydrogen) atoms. The van der Waals surface area contributed by atoms with Gasteiger partial charge >= 0.3 is 0 Å². The Morgan fingerprint density at radius 3 is 2.83 bits per heavy atom. The Balaban J connectivity index is 1.58. The maximum Gasteiger partial charge on any atom is 0.291 e. The summed E-state index contributed by atoms with van der Waals surface area (Å²) in [4.78, 5) is 25.4. The molecule has 0 atom stereocenters. The zero-order valence-electron chi connectivity index (χ0n) is 17.3. The molecular formula is C23H26N2O4. The molecule has 0 spiro atoms. The molecule has 1 aromatic carbocycles. The van der Waals surface area contributed by atoms with Gasteiger partial charge < -0.3 is 19.0 Å². The maximum atomic E-state index is 12.9. The largest absolute Gasteiger partial charge is 0.455 e. The molecular weight excluding hydrogens is 368 g/mol. The number of benzene rings is 1. The van der Waals surface area contributed by atoms with Crippen molar-refractivity contribution in [1.82, 2.24) is 4.57 Å². The number of aromatic nitrogens is 1. The van der Waals surface area contributed by atoms with Gasteiger partial charge in [-0.3, -0.25) is 9.59 Å². The number of Topliss-reactive ketones (excluding diaryl/α,β-unsaturated/α-hetero) is 1. The number of nitrogens with zero attached hydrogens (tertiary/aromatic N) is 1. The van der Waals surface area contributed by atoms with Crippen LogP contribution in [0.3, 0.4) is 0 Å². The fourth-order valence-corrected chi connectivity index (χ4v) is 4.15. The molecule has 1 aliphatic rings. The summed E-state index contributed by atoms with van der Waals surface area (Å²) in [6.45, 7) is 7.28. The summed E-state index contributed by atoms with van der Waals surface area (Å²) in [6.07, 6.45) is 3.13. The van der Waals surface area contributed by atoms with Gasteiger partial charge in [0, 0.05) is 54.8 Å². The van der Waals surface area contributed by atoms with Crippen LogP contribution < -0.4 is 5.32 Å². The fourth-order valence-electron chi connectivity index (χ4n) is 4.15. The number of nitrogens with one attached hydrogen (secondary N) is 1. The quantitative estimate of drug-likeness (QED) is 0.687. The molecule has 0 radical (unpaired) electrons. The highest BCUT2D eigenvalue weighted by atomic mass is 16.5. The van der Waals surface area contributed by atoms with E-state index in [0.29, 0.717) is 42.0 Å². The first-order valence-corrected chi connectivity index (χ1v) is 9.84. The number of hydrogen-bond acceptors (Lipinski definition) is 4. The van der Waals surface area contributed by atoms with Crippen LogP contribution in [0.5, 0.6) is 0 Å². The van der Waals surface area contributed by atoms with E-state index in [1.54, 1.807) is 14.0 Å². The van der Waals surface area contributed by atoms with Crippen molar-refractivity contribution in [2.45, 2.75) is 40.2 Å². The van der Waals surface area contributed by atoms with Gasteiger partial charge in [0.1, 0.15) is 5.76 Å². The van der Waals surface area contributed by atoms with Crippen LogP contribution in [-0.2, 0) is 17.7 Å². The second-order valence-corrected chi connectivity index (χ2v) is 8.52. The van der Waals surface area contributed by atoms with E-state index >= 15 is 0 Å². The third kappa shape index (κ3) is 3.60. The summed E-state index contributed by atoms with van der Waals surface area (Å²) in [5, 5.41) is 3.94. The van der Waals surface area contributed by atoms with Gasteiger partial charge in [-0.2, -0.15) is 0 Å². The predicted octanol–water partition coefficient (Wildman–Crippen LogP) is 4.60. The molecule has 152 valence electrons. The van der Waals surface area contributed by atoms with Crippen LogP contribution in [0, 0.1) is 12.3 Å². The van der Waals surface area contributed by atoms with Crippen molar-refractivity contribution in [2.75, 3.05) is 19.0 Å².